The Balaban J connectivity index is 0.000000595. The topological polar surface area (TPSA) is 32.6 Å². The third kappa shape index (κ3) is 5.58. The molecule has 1 aromatic carbocycles. The van der Waals surface area contributed by atoms with Crippen LogP contribution in [0.3, 0.4) is 0 Å². The number of phenolic OH excluding ortho intramolecular Hbond substituents is 1. The first kappa shape index (κ1) is 19.5. The van der Waals surface area contributed by atoms with E-state index < -0.39 is 20.8 Å². The van der Waals surface area contributed by atoms with Gasteiger partial charge in [0.2, 0.25) is 0 Å². The second-order valence-electron chi connectivity index (χ2n) is 6.57. The maximum absolute atomic E-state index is 10.1. The summed E-state index contributed by atoms with van der Waals surface area (Å²) >= 11 is -0.826. The van der Waals surface area contributed by atoms with Crippen molar-refractivity contribution in [3.8, 4) is 5.75 Å². The molecule has 3 rings (SSSR count). The molecule has 0 amide bonds. The molecule has 0 heterocycles. The van der Waals surface area contributed by atoms with Gasteiger partial charge in [-0.2, -0.15) is 0 Å². The average molecular weight is 434 g/mol. The Bertz CT molecular complexity index is 522. The van der Waals surface area contributed by atoms with E-state index in [1.807, 2.05) is 31.3 Å². The number of aryl methyl sites for hydroxylation is 1. The molecule has 2 nitrogen and oxygen atoms in total. The summed E-state index contributed by atoms with van der Waals surface area (Å²) in [5.74, 6) is 2.08. The van der Waals surface area contributed by atoms with Crippen molar-refractivity contribution in [3.05, 3.63) is 29.3 Å². The van der Waals surface area contributed by atoms with Gasteiger partial charge in [-0.25, -0.2) is 0 Å². The molecular formula is C18H25Cl2NOZr. The summed E-state index contributed by atoms with van der Waals surface area (Å²) in [6.07, 6.45) is 11.4. The Morgan fingerprint density at radius 2 is 1.83 bits per heavy atom. The van der Waals surface area contributed by atoms with Gasteiger partial charge in [0, 0.05) is 11.8 Å². The van der Waals surface area contributed by atoms with Crippen LogP contribution in [-0.4, -0.2) is 17.4 Å². The second-order valence-corrected chi connectivity index (χ2v) is 10.3. The number of phenols is 1. The van der Waals surface area contributed by atoms with Gasteiger partial charge in [-0.05, 0) is 43.2 Å². The van der Waals surface area contributed by atoms with Crippen molar-refractivity contribution in [3.63, 3.8) is 0 Å². The first-order valence-electron chi connectivity index (χ1n) is 8.45. The van der Waals surface area contributed by atoms with E-state index in [0.717, 1.165) is 23.0 Å². The Morgan fingerprint density at radius 3 is 2.61 bits per heavy atom. The van der Waals surface area contributed by atoms with Crippen molar-refractivity contribution in [2.24, 2.45) is 16.8 Å². The number of aliphatic imine (C=N–C) groups is 1. The molecular weight excluding hydrogens is 408 g/mol. The van der Waals surface area contributed by atoms with Gasteiger partial charge in [0.25, 0.3) is 0 Å². The van der Waals surface area contributed by atoms with Crippen LogP contribution in [0.15, 0.2) is 23.2 Å². The number of benzene rings is 1. The zero-order valence-electron chi connectivity index (χ0n) is 13.6. The van der Waals surface area contributed by atoms with E-state index >= 15 is 0 Å². The van der Waals surface area contributed by atoms with Crippen LogP contribution in [0.1, 0.15) is 56.1 Å². The maximum atomic E-state index is 10.1. The van der Waals surface area contributed by atoms with E-state index in [0.29, 0.717) is 11.8 Å². The molecule has 2 saturated carbocycles. The summed E-state index contributed by atoms with van der Waals surface area (Å²) < 4.78 is 0. The van der Waals surface area contributed by atoms with Crippen LogP contribution in [0.5, 0.6) is 5.75 Å². The van der Waals surface area contributed by atoms with Crippen molar-refractivity contribution >= 4 is 23.2 Å². The number of rotatable bonds is 2. The van der Waals surface area contributed by atoms with Crippen LogP contribution in [0.2, 0.25) is 0 Å². The molecule has 126 valence electrons. The van der Waals surface area contributed by atoms with E-state index in [1.165, 1.54) is 44.9 Å². The molecule has 0 radical (unpaired) electrons. The normalized spacial score (nSPS) is 27.0. The minimum atomic E-state index is -0.826. The second kappa shape index (κ2) is 10.2. The molecule has 0 saturated heterocycles. The Hall–Kier alpha value is 0.153. The van der Waals surface area contributed by atoms with Crippen LogP contribution in [0.25, 0.3) is 0 Å². The number of halogens is 2. The predicted octanol–water partition coefficient (Wildman–Crippen LogP) is 5.85. The summed E-state index contributed by atoms with van der Waals surface area (Å²) in [7, 11) is 9.87. The van der Waals surface area contributed by atoms with Crippen LogP contribution < -0.4 is 0 Å². The fraction of sp³-hybridized carbons (Fsp3) is 0.611. The minimum absolute atomic E-state index is 0.382. The van der Waals surface area contributed by atoms with E-state index in [-0.39, 0.29) is 0 Å². The van der Waals surface area contributed by atoms with Crippen molar-refractivity contribution in [2.75, 3.05) is 0 Å². The molecule has 0 spiro atoms. The zero-order valence-corrected chi connectivity index (χ0v) is 17.6. The van der Waals surface area contributed by atoms with Crippen molar-refractivity contribution in [1.82, 2.24) is 0 Å². The quantitative estimate of drug-likeness (QED) is 0.583. The summed E-state index contributed by atoms with van der Waals surface area (Å²) in [4.78, 5) is 4.85. The molecule has 5 heteroatoms. The zero-order chi connectivity index (χ0) is 16.7. The molecule has 1 aromatic rings. The summed E-state index contributed by atoms with van der Waals surface area (Å²) in [5.41, 5.74) is 1.79. The van der Waals surface area contributed by atoms with E-state index in [9.17, 15) is 5.11 Å². The molecule has 2 aliphatic rings. The standard InChI is InChI=1S/C18H25NO.2ClH.Zr/c1-13-6-4-9-15(18(13)20)12-19-17-11-5-8-14-7-2-3-10-16(14)17;;;/h4,6,9,12,14,16-17,20H,2-3,5,7-8,10-11H2,1H3;2*1H;/q;;;+2/p-2. The number of aromatic hydroxyl groups is 1. The van der Waals surface area contributed by atoms with Gasteiger partial charge < -0.3 is 5.11 Å². The Morgan fingerprint density at radius 1 is 1.13 bits per heavy atom. The third-order valence-corrected chi connectivity index (χ3v) is 5.21. The Kier molecular flexibility index (Phi) is 8.65. The van der Waals surface area contributed by atoms with E-state index in [1.54, 1.807) is 0 Å². The average Bonchev–Trinajstić information content (AvgIpc) is 2.57. The summed E-state index contributed by atoms with van der Waals surface area (Å²) in [5, 5.41) is 10.1. The van der Waals surface area contributed by atoms with Crippen molar-refractivity contribution < 1.29 is 26.0 Å². The van der Waals surface area contributed by atoms with Crippen molar-refractivity contribution in [1.29, 1.82) is 0 Å². The van der Waals surface area contributed by atoms with E-state index in [2.05, 4.69) is 0 Å². The van der Waals surface area contributed by atoms with Gasteiger partial charge >= 0.3 is 37.9 Å². The van der Waals surface area contributed by atoms with Gasteiger partial charge in [-0.1, -0.05) is 44.2 Å². The monoisotopic (exact) mass is 431 g/mol. The van der Waals surface area contributed by atoms with Gasteiger partial charge in [0.1, 0.15) is 5.75 Å². The molecule has 0 aromatic heterocycles. The number of fused-ring (bicyclic) bond motifs is 1. The van der Waals surface area contributed by atoms with E-state index in [4.69, 9.17) is 22.0 Å². The fourth-order valence-electron chi connectivity index (χ4n) is 4.05. The predicted molar refractivity (Wildman–Crippen MR) is 95.2 cm³/mol. The molecule has 0 bridgehead atoms. The molecule has 23 heavy (non-hydrogen) atoms. The van der Waals surface area contributed by atoms with Gasteiger partial charge in [0.05, 0.1) is 6.04 Å². The number of nitrogens with zero attached hydrogens (tertiary/aromatic N) is 1. The van der Waals surface area contributed by atoms with Crippen LogP contribution in [0, 0.1) is 18.8 Å². The van der Waals surface area contributed by atoms with Gasteiger partial charge in [-0.15, -0.1) is 0 Å². The number of hydrogen-bond acceptors (Lipinski definition) is 2. The first-order valence-corrected chi connectivity index (χ1v) is 14.8. The first-order chi connectivity index (χ1) is 11.2. The fourth-order valence-corrected chi connectivity index (χ4v) is 4.05. The third-order valence-electron chi connectivity index (χ3n) is 5.21. The molecule has 2 fully saturated rings. The number of hydrogen-bond donors (Lipinski definition) is 1. The van der Waals surface area contributed by atoms with Crippen LogP contribution in [0.4, 0.5) is 0 Å². The van der Waals surface area contributed by atoms with Crippen molar-refractivity contribution in [2.45, 2.75) is 57.9 Å². The molecule has 3 atom stereocenters. The number of para-hydroxylation sites is 1. The molecule has 0 aliphatic heterocycles. The summed E-state index contributed by atoms with van der Waals surface area (Å²) in [6.45, 7) is 1.93. The molecule has 1 N–H and O–H groups in total. The van der Waals surface area contributed by atoms with Crippen LogP contribution in [-0.2, 0) is 20.8 Å². The molecule has 3 unspecified atom stereocenters. The van der Waals surface area contributed by atoms with Crippen LogP contribution >= 0.6 is 17.0 Å². The summed E-state index contributed by atoms with van der Waals surface area (Å²) in [6, 6.07) is 6.35. The Labute approximate surface area is 158 Å². The van der Waals surface area contributed by atoms with Gasteiger partial charge in [0.15, 0.2) is 0 Å². The SMILES string of the molecule is Cc1cccc(C=NC2CCCC3CCCCC32)c1O.[Cl][Zr][Cl]. The van der Waals surface area contributed by atoms with Gasteiger partial charge in [-0.3, -0.25) is 4.99 Å². The molecule has 2 aliphatic carbocycles.